The number of hydrogen-bond donors (Lipinski definition) is 2. The molecule has 0 heterocycles. The lowest BCUT2D eigenvalue weighted by Gasteiger charge is -2.24. The first-order chi connectivity index (χ1) is 9.61. The van der Waals surface area contributed by atoms with E-state index in [4.69, 9.17) is 9.84 Å². The van der Waals surface area contributed by atoms with Crippen molar-refractivity contribution in [3.8, 4) is 0 Å². The number of nitrogens with one attached hydrogen (secondary N) is 1. The van der Waals surface area contributed by atoms with Gasteiger partial charge < -0.3 is 15.2 Å². The van der Waals surface area contributed by atoms with Gasteiger partial charge in [0.1, 0.15) is 0 Å². The van der Waals surface area contributed by atoms with E-state index in [1.54, 1.807) is 12.0 Å². The van der Waals surface area contributed by atoms with Gasteiger partial charge in [0.2, 0.25) is 5.91 Å². The quantitative estimate of drug-likeness (QED) is 0.657. The van der Waals surface area contributed by atoms with Crippen LogP contribution in [0.25, 0.3) is 0 Å². The fraction of sp³-hybridized carbons (Fsp3) is 0.857. The van der Waals surface area contributed by atoms with Crippen LogP contribution in [0.15, 0.2) is 0 Å². The largest absolute Gasteiger partial charge is 0.480 e. The minimum absolute atomic E-state index is 0.0182. The standard InChI is InChI=1S/C14H26N2O4/c1-20-10-9-16(11-14(18)19)8-7-13(17)15-12-5-3-2-4-6-12/h12H,2-11H2,1H3,(H,15,17)(H,18,19). The van der Waals surface area contributed by atoms with Crippen LogP contribution in [0.5, 0.6) is 0 Å². The molecule has 0 bridgehead atoms. The van der Waals surface area contributed by atoms with Gasteiger partial charge in [0, 0.05) is 32.7 Å². The molecule has 0 aromatic heterocycles. The summed E-state index contributed by atoms with van der Waals surface area (Å²) in [6, 6.07) is 0.308. The molecule has 0 spiro atoms. The molecule has 20 heavy (non-hydrogen) atoms. The number of carbonyl (C=O) groups excluding carboxylic acids is 1. The van der Waals surface area contributed by atoms with E-state index < -0.39 is 5.97 Å². The van der Waals surface area contributed by atoms with E-state index in [-0.39, 0.29) is 12.5 Å². The van der Waals surface area contributed by atoms with Gasteiger partial charge in [0.15, 0.2) is 0 Å². The Hall–Kier alpha value is -1.14. The zero-order chi connectivity index (χ0) is 14.8. The number of carboxylic acid groups (broad SMARTS) is 1. The minimum Gasteiger partial charge on any atom is -0.480 e. The van der Waals surface area contributed by atoms with Crippen LogP contribution in [0.3, 0.4) is 0 Å². The Morgan fingerprint density at radius 1 is 1.25 bits per heavy atom. The summed E-state index contributed by atoms with van der Waals surface area (Å²) in [5, 5.41) is 11.9. The lowest BCUT2D eigenvalue weighted by atomic mass is 9.95. The smallest absolute Gasteiger partial charge is 0.317 e. The third-order valence-electron chi connectivity index (χ3n) is 3.60. The second-order valence-electron chi connectivity index (χ2n) is 5.32. The predicted molar refractivity (Wildman–Crippen MR) is 75.6 cm³/mol. The number of aliphatic carboxylic acids is 1. The van der Waals surface area contributed by atoms with Gasteiger partial charge in [-0.3, -0.25) is 14.5 Å². The molecule has 1 rings (SSSR count). The topological polar surface area (TPSA) is 78.9 Å². The molecule has 0 radical (unpaired) electrons. The molecule has 0 aromatic rings. The summed E-state index contributed by atoms with van der Waals surface area (Å²) in [5.41, 5.74) is 0. The van der Waals surface area contributed by atoms with E-state index in [1.807, 2.05) is 0 Å². The first-order valence-electron chi connectivity index (χ1n) is 7.34. The summed E-state index contributed by atoms with van der Waals surface area (Å²) in [5.74, 6) is -0.863. The lowest BCUT2D eigenvalue weighted by molar-refractivity contribution is -0.138. The number of carboxylic acids is 1. The van der Waals surface area contributed by atoms with Gasteiger partial charge >= 0.3 is 5.97 Å². The Labute approximate surface area is 120 Å². The Kier molecular flexibility index (Phi) is 8.22. The third-order valence-corrected chi connectivity index (χ3v) is 3.60. The van der Waals surface area contributed by atoms with Crippen molar-refractivity contribution in [2.75, 3.05) is 33.4 Å². The summed E-state index contributed by atoms with van der Waals surface area (Å²) >= 11 is 0. The van der Waals surface area contributed by atoms with Gasteiger partial charge in [-0.05, 0) is 12.8 Å². The van der Waals surface area contributed by atoms with Crippen molar-refractivity contribution in [2.45, 2.75) is 44.6 Å². The number of methoxy groups -OCH3 is 1. The highest BCUT2D eigenvalue weighted by Crippen LogP contribution is 2.17. The van der Waals surface area contributed by atoms with Crippen molar-refractivity contribution in [1.29, 1.82) is 0 Å². The zero-order valence-electron chi connectivity index (χ0n) is 12.3. The molecule has 0 aromatic carbocycles. The van der Waals surface area contributed by atoms with Crippen LogP contribution < -0.4 is 5.32 Å². The molecule has 6 heteroatoms. The number of nitrogens with zero attached hydrogens (tertiary/aromatic N) is 1. The van der Waals surface area contributed by atoms with Gasteiger partial charge in [-0.25, -0.2) is 0 Å². The highest BCUT2D eigenvalue weighted by Gasteiger charge is 2.17. The van der Waals surface area contributed by atoms with Crippen molar-refractivity contribution in [1.82, 2.24) is 10.2 Å². The van der Waals surface area contributed by atoms with Gasteiger partial charge in [-0.15, -0.1) is 0 Å². The lowest BCUT2D eigenvalue weighted by Crippen LogP contribution is -2.39. The number of hydrogen-bond acceptors (Lipinski definition) is 4. The number of rotatable bonds is 9. The van der Waals surface area contributed by atoms with E-state index in [0.29, 0.717) is 32.2 Å². The maximum Gasteiger partial charge on any atom is 0.317 e. The van der Waals surface area contributed by atoms with Crippen molar-refractivity contribution in [3.63, 3.8) is 0 Å². The van der Waals surface area contributed by atoms with Crippen molar-refractivity contribution in [3.05, 3.63) is 0 Å². The van der Waals surface area contributed by atoms with Crippen LogP contribution in [0.4, 0.5) is 0 Å². The van der Waals surface area contributed by atoms with Crippen molar-refractivity contribution < 1.29 is 19.4 Å². The Morgan fingerprint density at radius 2 is 1.95 bits per heavy atom. The molecule has 6 nitrogen and oxygen atoms in total. The first kappa shape index (κ1) is 16.9. The second kappa shape index (κ2) is 9.72. The van der Waals surface area contributed by atoms with E-state index in [9.17, 15) is 9.59 Å². The van der Waals surface area contributed by atoms with Crippen molar-refractivity contribution >= 4 is 11.9 Å². The fourth-order valence-electron chi connectivity index (χ4n) is 2.49. The molecule has 116 valence electrons. The van der Waals surface area contributed by atoms with Gasteiger partial charge in [-0.2, -0.15) is 0 Å². The SMILES string of the molecule is COCCN(CCC(=O)NC1CCCCC1)CC(=O)O. The molecule has 1 aliphatic carbocycles. The Bertz CT molecular complexity index is 304. The average Bonchev–Trinajstić information content (AvgIpc) is 2.42. The molecule has 2 N–H and O–H groups in total. The number of carbonyl (C=O) groups is 2. The molecule has 0 atom stereocenters. The summed E-state index contributed by atoms with van der Waals surface area (Å²) in [4.78, 5) is 24.3. The highest BCUT2D eigenvalue weighted by molar-refractivity contribution is 5.76. The molecular formula is C14H26N2O4. The van der Waals surface area contributed by atoms with E-state index in [2.05, 4.69) is 5.32 Å². The molecule has 1 saturated carbocycles. The van der Waals surface area contributed by atoms with Crippen LogP contribution in [0.2, 0.25) is 0 Å². The van der Waals surface area contributed by atoms with Crippen LogP contribution in [-0.2, 0) is 14.3 Å². The summed E-state index contributed by atoms with van der Waals surface area (Å²) in [6.07, 6.45) is 6.10. The Morgan fingerprint density at radius 3 is 2.55 bits per heavy atom. The van der Waals surface area contributed by atoms with E-state index in [1.165, 1.54) is 19.3 Å². The predicted octanol–water partition coefficient (Wildman–Crippen LogP) is 0.858. The van der Waals surface area contributed by atoms with Gasteiger partial charge in [0.25, 0.3) is 0 Å². The van der Waals surface area contributed by atoms with Crippen LogP contribution in [0, 0.1) is 0 Å². The third kappa shape index (κ3) is 7.45. The average molecular weight is 286 g/mol. The van der Waals surface area contributed by atoms with E-state index in [0.717, 1.165) is 12.8 Å². The van der Waals surface area contributed by atoms with Crippen LogP contribution >= 0.6 is 0 Å². The van der Waals surface area contributed by atoms with Gasteiger partial charge in [0.05, 0.1) is 13.2 Å². The summed E-state index contributed by atoms with van der Waals surface area (Å²) in [7, 11) is 1.58. The molecule has 1 aliphatic rings. The molecular weight excluding hydrogens is 260 g/mol. The van der Waals surface area contributed by atoms with Crippen LogP contribution in [-0.4, -0.2) is 61.3 Å². The maximum atomic E-state index is 11.9. The molecule has 0 unspecified atom stereocenters. The number of ether oxygens (including phenoxy) is 1. The highest BCUT2D eigenvalue weighted by atomic mass is 16.5. The molecule has 1 fully saturated rings. The molecule has 0 aliphatic heterocycles. The summed E-state index contributed by atoms with van der Waals surface area (Å²) in [6.45, 7) is 1.39. The normalized spacial score (nSPS) is 16.3. The Balaban J connectivity index is 2.25. The van der Waals surface area contributed by atoms with Crippen LogP contribution in [0.1, 0.15) is 38.5 Å². The summed E-state index contributed by atoms with van der Waals surface area (Å²) < 4.78 is 4.95. The van der Waals surface area contributed by atoms with Gasteiger partial charge in [-0.1, -0.05) is 19.3 Å². The van der Waals surface area contributed by atoms with E-state index >= 15 is 0 Å². The zero-order valence-corrected chi connectivity index (χ0v) is 12.3. The second-order valence-corrected chi connectivity index (χ2v) is 5.32. The fourth-order valence-corrected chi connectivity index (χ4v) is 2.49. The maximum absolute atomic E-state index is 11.9. The first-order valence-corrected chi connectivity index (χ1v) is 7.34. The van der Waals surface area contributed by atoms with Crippen molar-refractivity contribution in [2.24, 2.45) is 0 Å². The molecule has 0 saturated heterocycles. The minimum atomic E-state index is -0.881. The molecule has 1 amide bonds. The number of amides is 1. The monoisotopic (exact) mass is 286 g/mol.